The van der Waals surface area contributed by atoms with Crippen LogP contribution in [0, 0.1) is 6.92 Å². The lowest BCUT2D eigenvalue weighted by molar-refractivity contribution is 0.196. The summed E-state index contributed by atoms with van der Waals surface area (Å²) in [4.78, 5) is 8.19. The van der Waals surface area contributed by atoms with Crippen molar-refractivity contribution in [2.45, 2.75) is 37.2 Å². The Labute approximate surface area is 88.0 Å². The number of nitrogens with zero attached hydrogens (tertiary/aromatic N) is 2. The monoisotopic (exact) mass is 213 g/mol. The number of nitrogens with two attached hydrogens (primary N) is 1. The van der Waals surface area contributed by atoms with Crippen LogP contribution in [0.15, 0.2) is 11.1 Å². The molecule has 0 aromatic carbocycles. The molecule has 78 valence electrons. The third-order valence-electron chi connectivity index (χ3n) is 1.82. The predicted molar refractivity (Wildman–Crippen MR) is 58.2 cm³/mol. The van der Waals surface area contributed by atoms with Gasteiger partial charge in [-0.05, 0) is 13.8 Å². The number of hydrogen-bond donors (Lipinski definition) is 2. The highest BCUT2D eigenvalue weighted by Gasteiger charge is 2.11. The number of aliphatic hydroxyl groups is 1. The van der Waals surface area contributed by atoms with Gasteiger partial charge >= 0.3 is 0 Å². The van der Waals surface area contributed by atoms with E-state index < -0.39 is 0 Å². The van der Waals surface area contributed by atoms with Crippen molar-refractivity contribution in [2.24, 2.45) is 0 Å². The van der Waals surface area contributed by atoms with Crippen molar-refractivity contribution in [3.8, 4) is 0 Å². The molecule has 2 atom stereocenters. The molecule has 0 spiro atoms. The lowest BCUT2D eigenvalue weighted by Gasteiger charge is -2.13. The van der Waals surface area contributed by atoms with Crippen LogP contribution < -0.4 is 5.73 Å². The van der Waals surface area contributed by atoms with E-state index in [9.17, 15) is 5.11 Å². The molecule has 0 saturated carbocycles. The maximum absolute atomic E-state index is 9.33. The second-order valence-corrected chi connectivity index (χ2v) is 4.64. The summed E-state index contributed by atoms with van der Waals surface area (Å²) in [6.45, 7) is 5.51. The molecule has 0 saturated heterocycles. The van der Waals surface area contributed by atoms with Gasteiger partial charge in [0.05, 0.1) is 6.10 Å². The fourth-order valence-corrected chi connectivity index (χ4v) is 1.86. The number of hydrogen-bond acceptors (Lipinski definition) is 5. The zero-order valence-electron chi connectivity index (χ0n) is 8.56. The minimum atomic E-state index is -0.364. The average molecular weight is 213 g/mol. The van der Waals surface area contributed by atoms with Crippen LogP contribution in [0.2, 0.25) is 0 Å². The third kappa shape index (κ3) is 3.16. The van der Waals surface area contributed by atoms with E-state index in [0.717, 1.165) is 5.03 Å². The Hall–Kier alpha value is -0.810. The molecule has 0 aliphatic carbocycles. The third-order valence-corrected chi connectivity index (χ3v) is 3.04. The maximum Gasteiger partial charge on any atom is 0.128 e. The minimum absolute atomic E-state index is 0.101. The van der Waals surface area contributed by atoms with Crippen LogP contribution in [0.4, 0.5) is 5.82 Å². The van der Waals surface area contributed by atoms with Gasteiger partial charge in [-0.2, -0.15) is 0 Å². The molecule has 1 aromatic heterocycles. The fraction of sp³-hybridized carbons (Fsp3) is 0.556. The molecule has 5 heteroatoms. The molecule has 1 rings (SSSR count). The number of aromatic nitrogens is 2. The summed E-state index contributed by atoms with van der Waals surface area (Å²) in [5, 5.41) is 10.2. The molecule has 0 aliphatic heterocycles. The molecular weight excluding hydrogens is 198 g/mol. The molecule has 0 aliphatic rings. The molecule has 0 amide bonds. The molecular formula is C9H15N3OS. The van der Waals surface area contributed by atoms with Crippen molar-refractivity contribution in [1.82, 2.24) is 9.97 Å². The zero-order valence-corrected chi connectivity index (χ0v) is 9.38. The van der Waals surface area contributed by atoms with Crippen LogP contribution in [0.1, 0.15) is 19.7 Å². The number of aryl methyl sites for hydroxylation is 1. The largest absolute Gasteiger partial charge is 0.392 e. The normalized spacial score (nSPS) is 15.1. The fourth-order valence-electron chi connectivity index (χ4n) is 0.912. The predicted octanol–water partition coefficient (Wildman–Crippen LogP) is 1.23. The highest BCUT2D eigenvalue weighted by atomic mass is 32.2. The lowest BCUT2D eigenvalue weighted by Crippen LogP contribution is -2.15. The van der Waals surface area contributed by atoms with Crippen LogP contribution >= 0.6 is 11.8 Å². The Morgan fingerprint density at radius 2 is 2.07 bits per heavy atom. The van der Waals surface area contributed by atoms with Gasteiger partial charge in [-0.15, -0.1) is 11.8 Å². The SMILES string of the molecule is Cc1nc(N)cc(SC(C)C(C)O)n1. The highest BCUT2D eigenvalue weighted by Crippen LogP contribution is 2.24. The Morgan fingerprint density at radius 3 is 2.57 bits per heavy atom. The van der Waals surface area contributed by atoms with Crippen molar-refractivity contribution in [3.05, 3.63) is 11.9 Å². The van der Waals surface area contributed by atoms with E-state index in [2.05, 4.69) is 9.97 Å². The summed E-state index contributed by atoms with van der Waals surface area (Å²) in [5.41, 5.74) is 5.58. The van der Waals surface area contributed by atoms with Gasteiger partial charge < -0.3 is 10.8 Å². The van der Waals surface area contributed by atoms with Gasteiger partial charge in [0.15, 0.2) is 0 Å². The molecule has 1 aromatic rings. The molecule has 2 unspecified atom stereocenters. The molecule has 3 N–H and O–H groups in total. The van der Waals surface area contributed by atoms with Crippen molar-refractivity contribution in [3.63, 3.8) is 0 Å². The average Bonchev–Trinajstić information content (AvgIpc) is 2.01. The van der Waals surface area contributed by atoms with Gasteiger partial charge in [-0.3, -0.25) is 0 Å². The van der Waals surface area contributed by atoms with Gasteiger partial charge in [-0.25, -0.2) is 9.97 Å². The topological polar surface area (TPSA) is 72.0 Å². The summed E-state index contributed by atoms with van der Waals surface area (Å²) in [5.74, 6) is 1.13. The first-order chi connectivity index (χ1) is 6.49. The molecule has 4 nitrogen and oxygen atoms in total. The Kier molecular flexibility index (Phi) is 3.71. The zero-order chi connectivity index (χ0) is 10.7. The van der Waals surface area contributed by atoms with Crippen LogP contribution in [0.5, 0.6) is 0 Å². The van der Waals surface area contributed by atoms with Crippen molar-refractivity contribution >= 4 is 17.6 Å². The second-order valence-electron chi connectivity index (χ2n) is 3.24. The molecule has 0 radical (unpaired) electrons. The second kappa shape index (κ2) is 4.61. The van der Waals surface area contributed by atoms with E-state index in [0.29, 0.717) is 11.6 Å². The quantitative estimate of drug-likeness (QED) is 0.583. The van der Waals surface area contributed by atoms with Gasteiger partial charge in [-0.1, -0.05) is 6.92 Å². The molecule has 0 fully saturated rings. The first-order valence-corrected chi connectivity index (χ1v) is 5.33. The smallest absolute Gasteiger partial charge is 0.128 e. The Morgan fingerprint density at radius 1 is 1.43 bits per heavy atom. The minimum Gasteiger partial charge on any atom is -0.392 e. The maximum atomic E-state index is 9.33. The highest BCUT2D eigenvalue weighted by molar-refractivity contribution is 7.99. The van der Waals surface area contributed by atoms with Gasteiger partial charge in [0, 0.05) is 11.3 Å². The van der Waals surface area contributed by atoms with E-state index in [1.807, 2.05) is 6.92 Å². The van der Waals surface area contributed by atoms with Crippen LogP contribution in [0.25, 0.3) is 0 Å². The van der Waals surface area contributed by atoms with Gasteiger partial charge in [0.1, 0.15) is 16.7 Å². The molecule has 14 heavy (non-hydrogen) atoms. The lowest BCUT2D eigenvalue weighted by atomic mass is 10.3. The van der Waals surface area contributed by atoms with Gasteiger partial charge in [0.25, 0.3) is 0 Å². The van der Waals surface area contributed by atoms with E-state index in [1.54, 1.807) is 19.9 Å². The standard InChI is InChI=1S/C9H15N3OS/c1-5(13)6(2)14-9-4-8(10)11-7(3)12-9/h4-6,13H,1-3H3,(H2,10,11,12). The van der Waals surface area contributed by atoms with Crippen molar-refractivity contribution in [1.29, 1.82) is 0 Å². The van der Waals surface area contributed by atoms with Crippen molar-refractivity contribution in [2.75, 3.05) is 5.73 Å². The summed E-state index contributed by atoms with van der Waals surface area (Å²) in [6.07, 6.45) is -0.364. The van der Waals surface area contributed by atoms with E-state index in [1.165, 1.54) is 11.8 Å². The number of nitrogen functional groups attached to an aromatic ring is 1. The Balaban J connectivity index is 2.76. The van der Waals surface area contributed by atoms with Crippen molar-refractivity contribution < 1.29 is 5.11 Å². The summed E-state index contributed by atoms with van der Waals surface area (Å²) < 4.78 is 0. The van der Waals surface area contributed by atoms with E-state index in [-0.39, 0.29) is 11.4 Å². The number of thioether (sulfide) groups is 1. The van der Waals surface area contributed by atoms with E-state index >= 15 is 0 Å². The summed E-state index contributed by atoms with van der Waals surface area (Å²) in [7, 11) is 0. The Bertz CT molecular complexity index is 297. The number of anilines is 1. The molecule has 1 heterocycles. The van der Waals surface area contributed by atoms with Crippen LogP contribution in [-0.4, -0.2) is 26.4 Å². The van der Waals surface area contributed by atoms with Gasteiger partial charge in [0.2, 0.25) is 0 Å². The molecule has 0 bridgehead atoms. The first-order valence-electron chi connectivity index (χ1n) is 4.45. The van der Waals surface area contributed by atoms with E-state index in [4.69, 9.17) is 5.73 Å². The number of aliphatic hydroxyl groups excluding tert-OH is 1. The summed E-state index contributed by atoms with van der Waals surface area (Å²) >= 11 is 1.50. The first kappa shape index (κ1) is 11.3. The van der Waals surface area contributed by atoms with Crippen LogP contribution in [0.3, 0.4) is 0 Å². The number of rotatable bonds is 3. The summed E-state index contributed by atoms with van der Waals surface area (Å²) in [6, 6.07) is 1.72. The van der Waals surface area contributed by atoms with Crippen LogP contribution in [-0.2, 0) is 0 Å².